The second-order valence-corrected chi connectivity index (χ2v) is 16.5. The van der Waals surface area contributed by atoms with Gasteiger partial charge in [-0.05, 0) is 31.1 Å². The van der Waals surface area contributed by atoms with Crippen molar-refractivity contribution in [3.63, 3.8) is 0 Å². The Balaban J connectivity index is 4.31. The Kier molecular flexibility index (Phi) is 38.9. The lowest BCUT2D eigenvalue weighted by atomic mass is 10.00. The summed E-state index contributed by atoms with van der Waals surface area (Å²) < 4.78 is 16.7. The molecule has 0 aromatic carbocycles. The van der Waals surface area contributed by atoms with Crippen LogP contribution in [0.3, 0.4) is 0 Å². The highest BCUT2D eigenvalue weighted by molar-refractivity contribution is 5.71. The monoisotopic (exact) mass is 751 g/mol. The van der Waals surface area contributed by atoms with E-state index in [1.165, 1.54) is 141 Å². The number of ether oxygens (including phenoxy) is 3. The van der Waals surface area contributed by atoms with Gasteiger partial charge in [0.2, 0.25) is 0 Å². The summed E-state index contributed by atoms with van der Waals surface area (Å²) in [5, 5.41) is 0. The van der Waals surface area contributed by atoms with E-state index < -0.39 is 6.10 Å². The third-order valence-corrected chi connectivity index (χ3v) is 11.2. The SMILES string of the molecule is CCCCCCCCCCCCCCCCCC(=O)OC[C@H](COC(=O)CCCCCCCCC(C)CC)OC(=O)CCCCCCCCC(C)CC. The zero-order valence-corrected chi connectivity index (χ0v) is 36.1. The van der Waals surface area contributed by atoms with E-state index in [0.717, 1.165) is 69.6 Å². The molecule has 0 aliphatic heterocycles. The molecule has 0 amide bonds. The Labute approximate surface area is 329 Å². The molecule has 0 aromatic rings. The van der Waals surface area contributed by atoms with Gasteiger partial charge in [0.25, 0.3) is 0 Å². The van der Waals surface area contributed by atoms with Gasteiger partial charge in [0, 0.05) is 19.3 Å². The molecular formula is C47H90O6. The van der Waals surface area contributed by atoms with E-state index in [2.05, 4.69) is 34.6 Å². The average molecular weight is 751 g/mol. The molecule has 0 aliphatic carbocycles. The van der Waals surface area contributed by atoms with Crippen LogP contribution in [0.25, 0.3) is 0 Å². The molecule has 0 heterocycles. The molecule has 6 nitrogen and oxygen atoms in total. The number of rotatable bonds is 41. The Morgan fingerprint density at radius 2 is 0.660 bits per heavy atom. The number of carbonyl (C=O) groups excluding carboxylic acids is 3. The highest BCUT2D eigenvalue weighted by atomic mass is 16.6. The summed E-state index contributed by atoms with van der Waals surface area (Å²) in [4.78, 5) is 37.7. The lowest BCUT2D eigenvalue weighted by Gasteiger charge is -2.18. The molecule has 0 radical (unpaired) electrons. The maximum Gasteiger partial charge on any atom is 0.306 e. The summed E-state index contributed by atoms with van der Waals surface area (Å²) in [6, 6.07) is 0. The van der Waals surface area contributed by atoms with Crippen LogP contribution in [-0.2, 0) is 28.6 Å². The molecule has 0 bridgehead atoms. The highest BCUT2D eigenvalue weighted by Gasteiger charge is 2.19. The summed E-state index contributed by atoms with van der Waals surface area (Å²) >= 11 is 0. The predicted octanol–water partition coefficient (Wildman–Crippen LogP) is 14.6. The van der Waals surface area contributed by atoms with Crippen molar-refractivity contribution in [2.24, 2.45) is 11.8 Å². The van der Waals surface area contributed by atoms with Crippen molar-refractivity contribution in [3.05, 3.63) is 0 Å². The maximum absolute atomic E-state index is 12.7. The van der Waals surface area contributed by atoms with Crippen LogP contribution < -0.4 is 0 Å². The van der Waals surface area contributed by atoms with Crippen molar-refractivity contribution in [1.29, 1.82) is 0 Å². The number of hydrogen-bond acceptors (Lipinski definition) is 6. The molecule has 0 aromatic heterocycles. The van der Waals surface area contributed by atoms with Gasteiger partial charge in [-0.2, -0.15) is 0 Å². The minimum atomic E-state index is -0.762. The molecule has 3 atom stereocenters. The number of carbonyl (C=O) groups is 3. The first-order chi connectivity index (χ1) is 25.8. The van der Waals surface area contributed by atoms with E-state index in [9.17, 15) is 14.4 Å². The van der Waals surface area contributed by atoms with Gasteiger partial charge in [-0.1, -0.05) is 214 Å². The Bertz CT molecular complexity index is 813. The fraction of sp³-hybridized carbons (Fsp3) is 0.936. The molecular weight excluding hydrogens is 661 g/mol. The molecule has 0 aliphatic rings. The van der Waals surface area contributed by atoms with Crippen LogP contribution in [0.1, 0.15) is 253 Å². The van der Waals surface area contributed by atoms with E-state index in [4.69, 9.17) is 14.2 Å². The van der Waals surface area contributed by atoms with Crippen LogP contribution in [0.5, 0.6) is 0 Å². The third-order valence-electron chi connectivity index (χ3n) is 11.2. The summed E-state index contributed by atoms with van der Waals surface area (Å²) in [5.41, 5.74) is 0. The molecule has 6 heteroatoms. The van der Waals surface area contributed by atoms with E-state index in [-0.39, 0.29) is 31.1 Å². The Hall–Kier alpha value is -1.59. The van der Waals surface area contributed by atoms with Gasteiger partial charge in [0.05, 0.1) is 0 Å². The zero-order chi connectivity index (χ0) is 39.0. The predicted molar refractivity (Wildman–Crippen MR) is 224 cm³/mol. The van der Waals surface area contributed by atoms with E-state index >= 15 is 0 Å². The highest BCUT2D eigenvalue weighted by Crippen LogP contribution is 2.17. The van der Waals surface area contributed by atoms with Gasteiger partial charge in [-0.15, -0.1) is 0 Å². The van der Waals surface area contributed by atoms with Crippen molar-refractivity contribution in [2.45, 2.75) is 259 Å². The van der Waals surface area contributed by atoms with Crippen molar-refractivity contribution in [1.82, 2.24) is 0 Å². The van der Waals surface area contributed by atoms with Gasteiger partial charge < -0.3 is 14.2 Å². The van der Waals surface area contributed by atoms with Gasteiger partial charge >= 0.3 is 17.9 Å². The van der Waals surface area contributed by atoms with Crippen LogP contribution in [0.15, 0.2) is 0 Å². The minimum absolute atomic E-state index is 0.0660. The summed E-state index contributed by atoms with van der Waals surface area (Å²) in [6.45, 7) is 11.3. The smallest absolute Gasteiger partial charge is 0.306 e. The van der Waals surface area contributed by atoms with Crippen LogP contribution in [0, 0.1) is 11.8 Å². The minimum Gasteiger partial charge on any atom is -0.462 e. The maximum atomic E-state index is 12.7. The molecule has 2 unspecified atom stereocenters. The summed E-state index contributed by atoms with van der Waals surface area (Å²) in [7, 11) is 0. The van der Waals surface area contributed by atoms with Crippen molar-refractivity contribution >= 4 is 17.9 Å². The quantitative estimate of drug-likeness (QED) is 0.0352. The van der Waals surface area contributed by atoms with Crippen LogP contribution in [-0.4, -0.2) is 37.2 Å². The molecule has 0 fully saturated rings. The van der Waals surface area contributed by atoms with Crippen LogP contribution >= 0.6 is 0 Å². The summed E-state index contributed by atoms with van der Waals surface area (Å²) in [5.74, 6) is 0.762. The van der Waals surface area contributed by atoms with Crippen molar-refractivity contribution < 1.29 is 28.6 Å². The summed E-state index contributed by atoms with van der Waals surface area (Å²) in [6.07, 6.45) is 38.0. The third kappa shape index (κ3) is 38.5. The molecule has 314 valence electrons. The van der Waals surface area contributed by atoms with Gasteiger partial charge in [-0.3, -0.25) is 14.4 Å². The second-order valence-electron chi connectivity index (χ2n) is 16.5. The average Bonchev–Trinajstić information content (AvgIpc) is 3.15. The standard InChI is InChI=1S/C47H90O6/c1-6-9-10-11-12-13-14-15-16-17-18-19-20-27-32-37-45(48)51-40-44(53-47(50)39-34-29-24-22-26-31-36-43(5)8-3)41-52-46(49)38-33-28-23-21-25-30-35-42(4)7-2/h42-44H,6-41H2,1-5H3/t42?,43?,44-/m1/s1. The second kappa shape index (κ2) is 40.1. The Morgan fingerprint density at radius 3 is 0.981 bits per heavy atom. The van der Waals surface area contributed by atoms with E-state index in [1.54, 1.807) is 0 Å². The van der Waals surface area contributed by atoms with Crippen molar-refractivity contribution in [3.8, 4) is 0 Å². The first-order valence-corrected chi connectivity index (χ1v) is 23.3. The van der Waals surface area contributed by atoms with E-state index in [0.29, 0.717) is 19.3 Å². The normalized spacial score (nSPS) is 13.1. The van der Waals surface area contributed by atoms with Gasteiger partial charge in [0.15, 0.2) is 6.10 Å². The van der Waals surface area contributed by atoms with Crippen molar-refractivity contribution in [2.75, 3.05) is 13.2 Å². The molecule has 0 saturated heterocycles. The number of unbranched alkanes of at least 4 members (excludes halogenated alkanes) is 24. The number of esters is 3. The largest absolute Gasteiger partial charge is 0.462 e. The topological polar surface area (TPSA) is 78.9 Å². The first kappa shape index (κ1) is 51.4. The molecule has 0 spiro atoms. The fourth-order valence-corrected chi connectivity index (χ4v) is 6.86. The van der Waals surface area contributed by atoms with Crippen LogP contribution in [0.4, 0.5) is 0 Å². The fourth-order valence-electron chi connectivity index (χ4n) is 6.86. The lowest BCUT2D eigenvalue weighted by Crippen LogP contribution is -2.30. The molecule has 53 heavy (non-hydrogen) atoms. The first-order valence-electron chi connectivity index (χ1n) is 23.3. The van der Waals surface area contributed by atoms with Gasteiger partial charge in [0.1, 0.15) is 13.2 Å². The van der Waals surface area contributed by atoms with Gasteiger partial charge in [-0.25, -0.2) is 0 Å². The zero-order valence-electron chi connectivity index (χ0n) is 36.1. The molecule has 0 N–H and O–H groups in total. The molecule has 0 saturated carbocycles. The number of hydrogen-bond donors (Lipinski definition) is 0. The van der Waals surface area contributed by atoms with E-state index in [1.807, 2.05) is 0 Å². The Morgan fingerprint density at radius 1 is 0.377 bits per heavy atom. The van der Waals surface area contributed by atoms with Crippen LogP contribution in [0.2, 0.25) is 0 Å². The molecule has 0 rings (SSSR count). The lowest BCUT2D eigenvalue weighted by molar-refractivity contribution is -0.167.